The maximum atomic E-state index is 11.9. The van der Waals surface area contributed by atoms with Crippen LogP contribution in [0, 0.1) is 0 Å². The minimum atomic E-state index is -0.639. The van der Waals surface area contributed by atoms with E-state index in [0.29, 0.717) is 11.6 Å². The molecule has 0 spiro atoms. The number of nitrogens with zero attached hydrogens (tertiary/aromatic N) is 1. The third-order valence-electron chi connectivity index (χ3n) is 2.70. The van der Waals surface area contributed by atoms with Gasteiger partial charge in [-0.15, -0.1) is 0 Å². The number of aromatic nitrogens is 1. The standard InChI is InChI=1S/C13H22N2O3S/c1-10(2)15-13(3,11(16)17-4)6-5-9-19-12-14-7-8-18-12/h7-8,10,15H,5-6,9H2,1-4H3. The maximum absolute atomic E-state index is 11.9. The van der Waals surface area contributed by atoms with Gasteiger partial charge in [0, 0.05) is 11.8 Å². The Morgan fingerprint density at radius 1 is 1.63 bits per heavy atom. The van der Waals surface area contributed by atoms with E-state index in [0.717, 1.165) is 12.2 Å². The van der Waals surface area contributed by atoms with Crippen LogP contribution < -0.4 is 5.32 Å². The van der Waals surface area contributed by atoms with Crippen LogP contribution in [0.1, 0.15) is 33.6 Å². The number of ether oxygens (including phenoxy) is 1. The molecule has 0 aliphatic rings. The van der Waals surface area contributed by atoms with Gasteiger partial charge in [0.15, 0.2) is 0 Å². The van der Waals surface area contributed by atoms with Gasteiger partial charge in [-0.05, 0) is 33.6 Å². The van der Waals surface area contributed by atoms with E-state index in [4.69, 9.17) is 9.15 Å². The first-order valence-corrected chi connectivity index (χ1v) is 7.35. The molecule has 108 valence electrons. The zero-order chi connectivity index (χ0) is 14.3. The first kappa shape index (κ1) is 16.0. The second-order valence-corrected chi connectivity index (χ2v) is 5.92. The van der Waals surface area contributed by atoms with Gasteiger partial charge in [0.2, 0.25) is 0 Å². The molecule has 1 heterocycles. The van der Waals surface area contributed by atoms with E-state index in [-0.39, 0.29) is 12.0 Å². The van der Waals surface area contributed by atoms with Crippen LogP contribution in [-0.2, 0) is 9.53 Å². The van der Waals surface area contributed by atoms with Crippen LogP contribution in [0.4, 0.5) is 0 Å². The molecule has 1 N–H and O–H groups in total. The summed E-state index contributed by atoms with van der Waals surface area (Å²) in [6.07, 6.45) is 4.77. The molecule has 0 amide bonds. The van der Waals surface area contributed by atoms with E-state index in [2.05, 4.69) is 10.3 Å². The molecule has 0 aromatic carbocycles. The number of rotatable bonds is 8. The Balaban J connectivity index is 2.42. The quantitative estimate of drug-likeness (QED) is 0.450. The van der Waals surface area contributed by atoms with Gasteiger partial charge in [-0.25, -0.2) is 4.98 Å². The Bertz CT molecular complexity index is 381. The summed E-state index contributed by atoms with van der Waals surface area (Å²) >= 11 is 1.55. The minimum Gasteiger partial charge on any atom is -0.468 e. The molecule has 0 fully saturated rings. The molecule has 0 bridgehead atoms. The van der Waals surface area contributed by atoms with Crippen molar-refractivity contribution in [1.82, 2.24) is 10.3 Å². The van der Waals surface area contributed by atoms with Gasteiger partial charge in [0.25, 0.3) is 5.22 Å². The third-order valence-corrected chi connectivity index (χ3v) is 3.64. The number of esters is 1. The number of thioether (sulfide) groups is 1. The van der Waals surface area contributed by atoms with Crippen LogP contribution in [0.2, 0.25) is 0 Å². The van der Waals surface area contributed by atoms with E-state index >= 15 is 0 Å². The second kappa shape index (κ2) is 7.55. The Hall–Kier alpha value is -1.01. The Morgan fingerprint density at radius 3 is 2.89 bits per heavy atom. The molecule has 0 aliphatic carbocycles. The van der Waals surface area contributed by atoms with Gasteiger partial charge in [-0.2, -0.15) is 0 Å². The molecular weight excluding hydrogens is 264 g/mol. The topological polar surface area (TPSA) is 64.4 Å². The fourth-order valence-electron chi connectivity index (χ4n) is 1.96. The highest BCUT2D eigenvalue weighted by atomic mass is 32.2. The molecule has 6 heteroatoms. The average molecular weight is 286 g/mol. The summed E-state index contributed by atoms with van der Waals surface area (Å²) in [7, 11) is 1.42. The summed E-state index contributed by atoms with van der Waals surface area (Å²) in [5, 5.41) is 3.94. The van der Waals surface area contributed by atoms with Crippen molar-refractivity contribution in [3.05, 3.63) is 12.5 Å². The summed E-state index contributed by atoms with van der Waals surface area (Å²) in [4.78, 5) is 15.9. The minimum absolute atomic E-state index is 0.220. The van der Waals surface area contributed by atoms with Crippen molar-refractivity contribution < 1.29 is 13.9 Å². The average Bonchev–Trinajstić information content (AvgIpc) is 2.85. The van der Waals surface area contributed by atoms with Crippen LogP contribution in [0.5, 0.6) is 0 Å². The molecule has 5 nitrogen and oxygen atoms in total. The highest BCUT2D eigenvalue weighted by Crippen LogP contribution is 2.21. The summed E-state index contributed by atoms with van der Waals surface area (Å²) in [6, 6.07) is 0.225. The van der Waals surface area contributed by atoms with Gasteiger partial charge >= 0.3 is 5.97 Å². The van der Waals surface area contributed by atoms with Crippen LogP contribution in [0.25, 0.3) is 0 Å². The van der Waals surface area contributed by atoms with Crippen LogP contribution >= 0.6 is 11.8 Å². The fraction of sp³-hybridized carbons (Fsp3) is 0.692. The SMILES string of the molecule is COC(=O)C(C)(CCCSc1ncco1)NC(C)C. The summed E-state index contributed by atoms with van der Waals surface area (Å²) in [5.74, 6) is 0.634. The van der Waals surface area contributed by atoms with Crippen molar-refractivity contribution >= 4 is 17.7 Å². The highest BCUT2D eigenvalue weighted by Gasteiger charge is 2.34. The van der Waals surface area contributed by atoms with Gasteiger partial charge in [-0.1, -0.05) is 11.8 Å². The molecule has 1 atom stereocenters. The summed E-state index contributed by atoms with van der Waals surface area (Å²) < 4.78 is 10.0. The number of methoxy groups -OCH3 is 1. The largest absolute Gasteiger partial charge is 0.468 e. The zero-order valence-electron chi connectivity index (χ0n) is 11.9. The number of oxazole rings is 1. The van der Waals surface area contributed by atoms with Crippen molar-refractivity contribution in [3.63, 3.8) is 0 Å². The molecule has 0 aliphatic heterocycles. The maximum Gasteiger partial charge on any atom is 0.325 e. The van der Waals surface area contributed by atoms with E-state index in [1.54, 1.807) is 24.2 Å². The fourth-order valence-corrected chi connectivity index (χ4v) is 2.68. The van der Waals surface area contributed by atoms with Crippen molar-refractivity contribution in [2.45, 2.75) is 50.4 Å². The lowest BCUT2D eigenvalue weighted by molar-refractivity contribution is -0.148. The van der Waals surface area contributed by atoms with Crippen LogP contribution in [-0.4, -0.2) is 35.4 Å². The summed E-state index contributed by atoms with van der Waals surface area (Å²) in [5.41, 5.74) is -0.639. The Kier molecular flexibility index (Phi) is 6.37. The molecule has 1 aromatic rings. The van der Waals surface area contributed by atoms with Crippen molar-refractivity contribution in [2.24, 2.45) is 0 Å². The van der Waals surface area contributed by atoms with Crippen molar-refractivity contribution in [2.75, 3.05) is 12.9 Å². The first-order valence-electron chi connectivity index (χ1n) is 6.36. The monoisotopic (exact) mass is 286 g/mol. The molecule has 0 saturated carbocycles. The van der Waals surface area contributed by atoms with Gasteiger partial charge in [0.05, 0.1) is 13.3 Å². The van der Waals surface area contributed by atoms with Crippen molar-refractivity contribution in [3.8, 4) is 0 Å². The third kappa shape index (κ3) is 5.24. The molecule has 1 unspecified atom stereocenters. The van der Waals surface area contributed by atoms with Crippen LogP contribution in [0.15, 0.2) is 22.1 Å². The zero-order valence-corrected chi connectivity index (χ0v) is 12.8. The normalized spacial score (nSPS) is 14.4. The lowest BCUT2D eigenvalue weighted by Gasteiger charge is -2.30. The van der Waals surface area contributed by atoms with E-state index in [9.17, 15) is 4.79 Å². The molecule has 19 heavy (non-hydrogen) atoms. The van der Waals surface area contributed by atoms with Gasteiger partial charge < -0.3 is 9.15 Å². The van der Waals surface area contributed by atoms with E-state index in [1.165, 1.54) is 7.11 Å². The predicted molar refractivity (Wildman–Crippen MR) is 75.2 cm³/mol. The van der Waals surface area contributed by atoms with Crippen LogP contribution in [0.3, 0.4) is 0 Å². The number of hydrogen-bond donors (Lipinski definition) is 1. The predicted octanol–water partition coefficient (Wildman–Crippen LogP) is 2.48. The smallest absolute Gasteiger partial charge is 0.325 e. The number of nitrogens with one attached hydrogen (secondary N) is 1. The van der Waals surface area contributed by atoms with Crippen molar-refractivity contribution in [1.29, 1.82) is 0 Å². The molecule has 0 radical (unpaired) electrons. The second-order valence-electron chi connectivity index (χ2n) is 4.87. The Labute approximate surface area is 118 Å². The van der Waals surface area contributed by atoms with E-state index in [1.807, 2.05) is 20.8 Å². The number of carbonyl (C=O) groups excluding carboxylic acids is 1. The summed E-state index contributed by atoms with van der Waals surface area (Å²) in [6.45, 7) is 5.92. The lowest BCUT2D eigenvalue weighted by atomic mass is 9.95. The number of carbonyl (C=O) groups is 1. The van der Waals surface area contributed by atoms with Gasteiger partial charge in [-0.3, -0.25) is 10.1 Å². The molecule has 1 rings (SSSR count). The van der Waals surface area contributed by atoms with Gasteiger partial charge in [0.1, 0.15) is 11.8 Å². The Morgan fingerprint density at radius 2 is 2.37 bits per heavy atom. The lowest BCUT2D eigenvalue weighted by Crippen LogP contribution is -2.53. The highest BCUT2D eigenvalue weighted by molar-refractivity contribution is 7.99. The van der Waals surface area contributed by atoms with E-state index < -0.39 is 5.54 Å². The molecule has 1 aromatic heterocycles. The molecular formula is C13H22N2O3S. The first-order chi connectivity index (χ1) is 8.98. The number of hydrogen-bond acceptors (Lipinski definition) is 6. The molecule has 0 saturated heterocycles.